The molecule has 2 aromatic heterocycles. The Morgan fingerprint density at radius 3 is 2.93 bits per heavy atom. The van der Waals surface area contributed by atoms with Gasteiger partial charge < -0.3 is 10.1 Å². The van der Waals surface area contributed by atoms with Gasteiger partial charge in [-0.15, -0.1) is 0 Å². The molecule has 2 fully saturated rings. The van der Waals surface area contributed by atoms with Gasteiger partial charge >= 0.3 is 0 Å². The van der Waals surface area contributed by atoms with Gasteiger partial charge in [0.25, 0.3) is 0 Å². The van der Waals surface area contributed by atoms with Crippen molar-refractivity contribution >= 4 is 11.5 Å². The zero-order valence-electron chi connectivity index (χ0n) is 17.4. The van der Waals surface area contributed by atoms with Crippen LogP contribution in [0.25, 0.3) is 16.8 Å². The van der Waals surface area contributed by atoms with Gasteiger partial charge in [-0.05, 0) is 55.6 Å². The summed E-state index contributed by atoms with van der Waals surface area (Å²) in [6.07, 6.45) is 6.53. The number of aryl methyl sites for hydroxylation is 1. The fourth-order valence-corrected chi connectivity index (χ4v) is 5.24. The molecule has 1 aromatic carbocycles. The summed E-state index contributed by atoms with van der Waals surface area (Å²) in [4.78, 5) is 10.2. The summed E-state index contributed by atoms with van der Waals surface area (Å²) < 4.78 is 8.20. The first-order valence-electron chi connectivity index (χ1n) is 11.0. The van der Waals surface area contributed by atoms with Crippen molar-refractivity contribution in [3.05, 3.63) is 42.2 Å². The van der Waals surface area contributed by atoms with E-state index in [0.29, 0.717) is 12.1 Å². The summed E-state index contributed by atoms with van der Waals surface area (Å²) in [6.45, 7) is 8.19. The fourth-order valence-electron chi connectivity index (χ4n) is 5.24. The number of nitrogens with zero attached hydrogens (tertiary/aromatic N) is 5. The number of piperazine rings is 1. The van der Waals surface area contributed by atoms with Gasteiger partial charge in [-0.1, -0.05) is 6.07 Å². The van der Waals surface area contributed by atoms with Crippen LogP contribution in [0.4, 0.5) is 5.82 Å². The minimum absolute atomic E-state index is 0.413. The molecule has 4 bridgehead atoms. The van der Waals surface area contributed by atoms with Gasteiger partial charge in [-0.25, -0.2) is 9.50 Å². The van der Waals surface area contributed by atoms with Crippen LogP contribution in [0.15, 0.2) is 36.7 Å². The first-order chi connectivity index (χ1) is 14.7. The van der Waals surface area contributed by atoms with Crippen LogP contribution in [-0.2, 0) is 0 Å². The minimum Gasteiger partial charge on any atom is -0.492 e. The van der Waals surface area contributed by atoms with Crippen molar-refractivity contribution in [1.29, 1.82) is 0 Å². The van der Waals surface area contributed by atoms with Crippen molar-refractivity contribution < 1.29 is 4.74 Å². The van der Waals surface area contributed by atoms with E-state index < -0.39 is 0 Å². The Balaban J connectivity index is 1.39. The number of nitrogens with one attached hydrogen (secondary N) is 1. The summed E-state index contributed by atoms with van der Waals surface area (Å²) in [5.41, 5.74) is 4.24. The van der Waals surface area contributed by atoms with Crippen molar-refractivity contribution in [2.24, 2.45) is 0 Å². The van der Waals surface area contributed by atoms with E-state index in [1.54, 1.807) is 0 Å². The molecule has 1 N–H and O–H groups in total. The lowest BCUT2D eigenvalue weighted by Gasteiger charge is -2.43. The molecule has 0 amide bonds. The molecule has 3 aliphatic heterocycles. The number of anilines is 1. The Kier molecular flexibility index (Phi) is 4.39. The number of ether oxygens (including phenoxy) is 1. The molecule has 0 aliphatic carbocycles. The zero-order valence-corrected chi connectivity index (χ0v) is 17.4. The van der Waals surface area contributed by atoms with E-state index in [9.17, 15) is 0 Å². The molecule has 3 aliphatic rings. The molecule has 0 saturated carbocycles. The molecule has 6 rings (SSSR count). The third kappa shape index (κ3) is 3.13. The van der Waals surface area contributed by atoms with Crippen LogP contribution in [0.1, 0.15) is 18.4 Å². The third-order valence-corrected chi connectivity index (χ3v) is 6.92. The number of aromatic nitrogens is 3. The topological polar surface area (TPSA) is 57.9 Å². The van der Waals surface area contributed by atoms with E-state index in [0.717, 1.165) is 61.1 Å². The summed E-state index contributed by atoms with van der Waals surface area (Å²) in [5.74, 6) is 1.83. The van der Waals surface area contributed by atoms with Crippen molar-refractivity contribution in [3.8, 4) is 16.9 Å². The van der Waals surface area contributed by atoms with Crippen molar-refractivity contribution in [3.63, 3.8) is 0 Å². The Hall–Kier alpha value is -2.64. The van der Waals surface area contributed by atoms with E-state index in [1.807, 2.05) is 23.0 Å². The highest BCUT2D eigenvalue weighted by molar-refractivity contribution is 5.80. The van der Waals surface area contributed by atoms with Gasteiger partial charge in [-0.3, -0.25) is 9.80 Å². The summed E-state index contributed by atoms with van der Waals surface area (Å²) in [5, 5.41) is 8.05. The molecule has 7 heteroatoms. The standard InChI is InChI=1S/C23H28N6O/c1-16-4-5-19-11-20(16)21-12-25-29-9-6-22(26-23(21)29)24-7-10-28-13-17-3-2-8-27(17)14-18(28)15-30-19/h4-6,9,11-12,17-18H,2-3,7-8,10,13-15H2,1H3,(H,24,26)/t17-,18+/m0/s1. The molecular weight excluding hydrogens is 376 g/mol. The largest absolute Gasteiger partial charge is 0.492 e. The number of hydrogen-bond acceptors (Lipinski definition) is 6. The van der Waals surface area contributed by atoms with E-state index in [4.69, 9.17) is 9.72 Å². The maximum absolute atomic E-state index is 6.36. The van der Waals surface area contributed by atoms with Crippen LogP contribution in [0.3, 0.4) is 0 Å². The molecular formula is C23H28N6O. The van der Waals surface area contributed by atoms with Gasteiger partial charge in [0.05, 0.1) is 12.2 Å². The second-order valence-electron chi connectivity index (χ2n) is 8.79. The monoisotopic (exact) mass is 404 g/mol. The fraction of sp³-hybridized carbons (Fsp3) is 0.478. The lowest BCUT2D eigenvalue weighted by atomic mass is 10.0. The molecule has 0 radical (unpaired) electrons. The summed E-state index contributed by atoms with van der Waals surface area (Å²) in [6, 6.07) is 9.49. The van der Waals surface area contributed by atoms with Crippen molar-refractivity contribution in [1.82, 2.24) is 24.4 Å². The van der Waals surface area contributed by atoms with Crippen LogP contribution < -0.4 is 10.1 Å². The van der Waals surface area contributed by atoms with Gasteiger partial charge in [0, 0.05) is 44.0 Å². The number of rotatable bonds is 0. The van der Waals surface area contributed by atoms with Gasteiger partial charge in [0.1, 0.15) is 18.2 Å². The highest BCUT2D eigenvalue weighted by Crippen LogP contribution is 2.31. The van der Waals surface area contributed by atoms with Crippen molar-refractivity contribution in [2.45, 2.75) is 31.8 Å². The van der Waals surface area contributed by atoms with Crippen molar-refractivity contribution in [2.75, 3.05) is 44.6 Å². The summed E-state index contributed by atoms with van der Waals surface area (Å²) in [7, 11) is 0. The Morgan fingerprint density at radius 1 is 1.07 bits per heavy atom. The van der Waals surface area contributed by atoms with Gasteiger partial charge in [0.2, 0.25) is 0 Å². The second kappa shape index (κ2) is 7.25. The Morgan fingerprint density at radius 2 is 1.97 bits per heavy atom. The van der Waals surface area contributed by atoms with Crippen LogP contribution in [0.5, 0.6) is 5.75 Å². The molecule has 2 atom stereocenters. The molecule has 156 valence electrons. The SMILES string of the molecule is Cc1ccc2cc1-c1cnn3ccc(nc13)NCCN1C[C@@H]3CCCN3C[C@@H]1CO2. The molecule has 30 heavy (non-hydrogen) atoms. The average molecular weight is 405 g/mol. The van der Waals surface area contributed by atoms with E-state index >= 15 is 0 Å². The zero-order chi connectivity index (χ0) is 20.1. The smallest absolute Gasteiger partial charge is 0.165 e. The second-order valence-corrected chi connectivity index (χ2v) is 8.79. The molecule has 7 nitrogen and oxygen atoms in total. The predicted octanol–water partition coefficient (Wildman–Crippen LogP) is 2.66. The lowest BCUT2D eigenvalue weighted by Crippen LogP contribution is -2.58. The quantitative estimate of drug-likeness (QED) is 0.622. The highest BCUT2D eigenvalue weighted by Gasteiger charge is 2.36. The number of hydrogen-bond donors (Lipinski definition) is 1. The van der Waals surface area contributed by atoms with E-state index in [-0.39, 0.29) is 0 Å². The highest BCUT2D eigenvalue weighted by atomic mass is 16.5. The van der Waals surface area contributed by atoms with Crippen LogP contribution >= 0.6 is 0 Å². The third-order valence-electron chi connectivity index (χ3n) is 6.92. The normalized spacial score (nSPS) is 24.7. The number of benzene rings is 1. The van der Waals surface area contributed by atoms with Crippen LogP contribution in [0.2, 0.25) is 0 Å². The number of fused-ring (bicyclic) bond motifs is 6. The van der Waals surface area contributed by atoms with Crippen LogP contribution in [0, 0.1) is 6.92 Å². The van der Waals surface area contributed by atoms with E-state index in [2.05, 4.69) is 45.3 Å². The molecule has 5 heterocycles. The molecule has 3 aromatic rings. The lowest BCUT2D eigenvalue weighted by molar-refractivity contribution is 0.0301. The Labute approximate surface area is 176 Å². The van der Waals surface area contributed by atoms with Crippen LogP contribution in [-0.4, -0.2) is 75.8 Å². The molecule has 2 saturated heterocycles. The first kappa shape index (κ1) is 18.2. The van der Waals surface area contributed by atoms with Gasteiger partial charge in [-0.2, -0.15) is 5.10 Å². The minimum atomic E-state index is 0.413. The maximum atomic E-state index is 6.36. The maximum Gasteiger partial charge on any atom is 0.165 e. The van der Waals surface area contributed by atoms with Gasteiger partial charge in [0.15, 0.2) is 5.65 Å². The predicted molar refractivity (Wildman–Crippen MR) is 117 cm³/mol. The van der Waals surface area contributed by atoms with E-state index in [1.165, 1.54) is 24.9 Å². The molecule has 0 unspecified atom stereocenters. The average Bonchev–Trinajstić information content (AvgIpc) is 3.38. The molecule has 0 spiro atoms. The Bertz CT molecular complexity index is 1080. The summed E-state index contributed by atoms with van der Waals surface area (Å²) >= 11 is 0. The first-order valence-corrected chi connectivity index (χ1v) is 11.0.